The summed E-state index contributed by atoms with van der Waals surface area (Å²) in [5, 5.41) is 6.89. The first kappa shape index (κ1) is 15.7. The Morgan fingerprint density at radius 3 is 2.76 bits per heavy atom. The van der Waals surface area contributed by atoms with Crippen LogP contribution in [0.3, 0.4) is 0 Å². The van der Waals surface area contributed by atoms with Gasteiger partial charge >= 0.3 is 0 Å². The number of rotatable bonds is 4. The average molecular weight is 349 g/mol. The van der Waals surface area contributed by atoms with Crippen molar-refractivity contribution in [2.75, 3.05) is 6.54 Å². The highest BCUT2D eigenvalue weighted by Crippen LogP contribution is 2.23. The van der Waals surface area contributed by atoms with Crippen LogP contribution in [0.5, 0.6) is 0 Å². The van der Waals surface area contributed by atoms with Crippen molar-refractivity contribution in [3.8, 4) is 0 Å². The summed E-state index contributed by atoms with van der Waals surface area (Å²) in [5.41, 5.74) is 2.91. The summed E-state index contributed by atoms with van der Waals surface area (Å²) in [7, 11) is 0. The number of aromatic nitrogens is 1. The van der Waals surface area contributed by atoms with Gasteiger partial charge in [-0.25, -0.2) is 0 Å². The molecule has 0 saturated heterocycles. The SMILES string of the molecule is O=C(NCCc1c[nH]c2ccc(Cl)cc12)c1cccc2ccccc12. The van der Waals surface area contributed by atoms with E-state index in [-0.39, 0.29) is 5.91 Å². The molecule has 1 amide bonds. The zero-order valence-corrected chi connectivity index (χ0v) is 14.3. The molecule has 0 unspecified atom stereocenters. The lowest BCUT2D eigenvalue weighted by molar-refractivity contribution is 0.0956. The quantitative estimate of drug-likeness (QED) is 0.538. The Morgan fingerprint density at radius 2 is 1.84 bits per heavy atom. The molecule has 0 aliphatic rings. The van der Waals surface area contributed by atoms with Crippen LogP contribution in [0, 0.1) is 0 Å². The van der Waals surface area contributed by atoms with Crippen LogP contribution in [-0.2, 0) is 6.42 Å². The largest absolute Gasteiger partial charge is 0.361 e. The molecule has 1 aromatic heterocycles. The summed E-state index contributed by atoms with van der Waals surface area (Å²) in [6.07, 6.45) is 2.72. The predicted molar refractivity (Wildman–Crippen MR) is 103 cm³/mol. The molecule has 124 valence electrons. The molecule has 0 radical (unpaired) electrons. The molecule has 4 heteroatoms. The predicted octanol–water partition coefficient (Wildman–Crippen LogP) is 4.95. The van der Waals surface area contributed by atoms with E-state index < -0.39 is 0 Å². The van der Waals surface area contributed by atoms with E-state index in [1.54, 1.807) is 0 Å². The number of hydrogen-bond acceptors (Lipinski definition) is 1. The summed E-state index contributed by atoms with van der Waals surface area (Å²) in [6.45, 7) is 0.571. The van der Waals surface area contributed by atoms with Gasteiger partial charge in [0, 0.05) is 34.2 Å². The fraction of sp³-hybridized carbons (Fsp3) is 0.0952. The number of carbonyl (C=O) groups is 1. The van der Waals surface area contributed by atoms with Crippen LogP contribution in [0.4, 0.5) is 0 Å². The molecular formula is C21H17ClN2O. The topological polar surface area (TPSA) is 44.9 Å². The first-order valence-electron chi connectivity index (χ1n) is 8.24. The maximum atomic E-state index is 12.6. The molecule has 4 rings (SSSR count). The standard InChI is InChI=1S/C21H17ClN2O/c22-16-8-9-20-19(12-16)15(13-24-20)10-11-23-21(25)18-7-3-5-14-4-1-2-6-17(14)18/h1-9,12-13,24H,10-11H2,(H,23,25). The van der Waals surface area contributed by atoms with E-state index in [2.05, 4.69) is 10.3 Å². The van der Waals surface area contributed by atoms with E-state index in [1.165, 1.54) is 0 Å². The van der Waals surface area contributed by atoms with Gasteiger partial charge < -0.3 is 10.3 Å². The van der Waals surface area contributed by atoms with Crippen molar-refractivity contribution in [3.05, 3.63) is 83.0 Å². The fourth-order valence-electron chi connectivity index (χ4n) is 3.19. The number of carbonyl (C=O) groups excluding carboxylic acids is 1. The summed E-state index contributed by atoms with van der Waals surface area (Å²) in [4.78, 5) is 15.8. The number of nitrogens with one attached hydrogen (secondary N) is 2. The number of halogens is 1. The van der Waals surface area contributed by atoms with Gasteiger partial charge in [0.25, 0.3) is 5.91 Å². The molecule has 1 heterocycles. The summed E-state index contributed by atoms with van der Waals surface area (Å²) >= 11 is 6.08. The van der Waals surface area contributed by atoms with Gasteiger partial charge in [-0.3, -0.25) is 4.79 Å². The zero-order chi connectivity index (χ0) is 17.2. The van der Waals surface area contributed by atoms with Gasteiger partial charge in [-0.15, -0.1) is 0 Å². The third-order valence-electron chi connectivity index (χ3n) is 4.44. The van der Waals surface area contributed by atoms with Crippen LogP contribution in [0.15, 0.2) is 66.9 Å². The molecule has 3 nitrogen and oxygen atoms in total. The third kappa shape index (κ3) is 3.11. The van der Waals surface area contributed by atoms with Crippen LogP contribution in [0.25, 0.3) is 21.7 Å². The number of amides is 1. The van der Waals surface area contributed by atoms with Gasteiger partial charge in [-0.05, 0) is 47.0 Å². The minimum Gasteiger partial charge on any atom is -0.361 e. The van der Waals surface area contributed by atoms with E-state index in [1.807, 2.05) is 66.9 Å². The van der Waals surface area contributed by atoms with E-state index in [0.29, 0.717) is 17.1 Å². The van der Waals surface area contributed by atoms with Gasteiger partial charge in [-0.2, -0.15) is 0 Å². The second kappa shape index (κ2) is 6.61. The lowest BCUT2D eigenvalue weighted by atomic mass is 10.0. The Kier molecular flexibility index (Phi) is 4.16. The van der Waals surface area contributed by atoms with Gasteiger partial charge in [0.05, 0.1) is 0 Å². The third-order valence-corrected chi connectivity index (χ3v) is 4.68. The molecule has 0 aliphatic carbocycles. The highest BCUT2D eigenvalue weighted by molar-refractivity contribution is 6.31. The maximum absolute atomic E-state index is 12.6. The zero-order valence-electron chi connectivity index (χ0n) is 13.6. The van der Waals surface area contributed by atoms with Crippen molar-refractivity contribution >= 4 is 39.2 Å². The molecule has 25 heavy (non-hydrogen) atoms. The maximum Gasteiger partial charge on any atom is 0.251 e. The van der Waals surface area contributed by atoms with Gasteiger partial charge in [0.2, 0.25) is 0 Å². The summed E-state index contributed by atoms with van der Waals surface area (Å²) in [5.74, 6) is -0.0466. The summed E-state index contributed by atoms with van der Waals surface area (Å²) in [6, 6.07) is 19.5. The first-order chi connectivity index (χ1) is 12.2. The smallest absolute Gasteiger partial charge is 0.251 e. The van der Waals surface area contributed by atoms with Crippen molar-refractivity contribution in [1.82, 2.24) is 10.3 Å². The molecule has 0 atom stereocenters. The minimum atomic E-state index is -0.0466. The molecular weight excluding hydrogens is 332 g/mol. The van der Waals surface area contributed by atoms with Crippen molar-refractivity contribution in [2.24, 2.45) is 0 Å². The normalized spacial score (nSPS) is 11.1. The molecule has 0 spiro atoms. The Morgan fingerprint density at radius 1 is 1.00 bits per heavy atom. The molecule has 0 fully saturated rings. The van der Waals surface area contributed by atoms with E-state index >= 15 is 0 Å². The number of hydrogen-bond donors (Lipinski definition) is 2. The Labute approximate surface area is 150 Å². The average Bonchev–Trinajstić information content (AvgIpc) is 3.03. The van der Waals surface area contributed by atoms with Crippen molar-refractivity contribution in [3.63, 3.8) is 0 Å². The lowest BCUT2D eigenvalue weighted by Gasteiger charge is -2.08. The van der Waals surface area contributed by atoms with E-state index in [9.17, 15) is 4.79 Å². The second-order valence-corrected chi connectivity index (χ2v) is 6.47. The van der Waals surface area contributed by atoms with E-state index in [4.69, 9.17) is 11.6 Å². The van der Waals surface area contributed by atoms with Gasteiger partial charge in [0.15, 0.2) is 0 Å². The second-order valence-electron chi connectivity index (χ2n) is 6.04. The number of aromatic amines is 1. The molecule has 2 N–H and O–H groups in total. The fourth-order valence-corrected chi connectivity index (χ4v) is 3.36. The minimum absolute atomic E-state index is 0.0466. The van der Waals surface area contributed by atoms with Gasteiger partial charge in [-0.1, -0.05) is 48.0 Å². The molecule has 0 saturated carbocycles. The van der Waals surface area contributed by atoms with E-state index in [0.717, 1.165) is 33.7 Å². The highest BCUT2D eigenvalue weighted by atomic mass is 35.5. The Hall–Kier alpha value is -2.78. The van der Waals surface area contributed by atoms with Gasteiger partial charge in [0.1, 0.15) is 0 Å². The van der Waals surface area contributed by atoms with Crippen LogP contribution in [0.2, 0.25) is 5.02 Å². The van der Waals surface area contributed by atoms with Crippen LogP contribution in [-0.4, -0.2) is 17.4 Å². The Balaban J connectivity index is 1.49. The Bertz CT molecular complexity index is 1060. The van der Waals surface area contributed by atoms with Crippen molar-refractivity contribution in [2.45, 2.75) is 6.42 Å². The lowest BCUT2D eigenvalue weighted by Crippen LogP contribution is -2.25. The highest BCUT2D eigenvalue weighted by Gasteiger charge is 2.10. The van der Waals surface area contributed by atoms with Crippen LogP contribution < -0.4 is 5.32 Å². The number of benzene rings is 3. The molecule has 0 aliphatic heterocycles. The van der Waals surface area contributed by atoms with Crippen molar-refractivity contribution in [1.29, 1.82) is 0 Å². The first-order valence-corrected chi connectivity index (χ1v) is 8.61. The molecule has 4 aromatic rings. The monoisotopic (exact) mass is 348 g/mol. The van der Waals surface area contributed by atoms with Crippen molar-refractivity contribution < 1.29 is 4.79 Å². The van der Waals surface area contributed by atoms with Crippen LogP contribution >= 0.6 is 11.6 Å². The number of H-pyrrole nitrogens is 1. The van der Waals surface area contributed by atoms with Crippen LogP contribution in [0.1, 0.15) is 15.9 Å². The molecule has 3 aromatic carbocycles. The summed E-state index contributed by atoms with van der Waals surface area (Å²) < 4.78 is 0. The molecule has 0 bridgehead atoms. The number of fused-ring (bicyclic) bond motifs is 2.